The van der Waals surface area contributed by atoms with Crippen LogP contribution in [0.2, 0.25) is 0 Å². The van der Waals surface area contributed by atoms with Crippen LogP contribution in [0.1, 0.15) is 47.5 Å². The van der Waals surface area contributed by atoms with E-state index in [0.29, 0.717) is 19.4 Å². The van der Waals surface area contributed by atoms with Gasteiger partial charge in [-0.15, -0.1) is 0 Å². The van der Waals surface area contributed by atoms with E-state index in [1.165, 1.54) is 11.9 Å². The number of amides is 2. The van der Waals surface area contributed by atoms with Gasteiger partial charge in [0.15, 0.2) is 0 Å². The van der Waals surface area contributed by atoms with Gasteiger partial charge < -0.3 is 14.8 Å². The number of hydrogen-bond acceptors (Lipinski definition) is 5. The molecule has 1 fully saturated rings. The van der Waals surface area contributed by atoms with Gasteiger partial charge in [0.25, 0.3) is 0 Å². The van der Waals surface area contributed by atoms with Crippen molar-refractivity contribution in [1.29, 1.82) is 0 Å². The Morgan fingerprint density at radius 2 is 2.00 bits per heavy atom. The summed E-state index contributed by atoms with van der Waals surface area (Å²) < 4.78 is 10.2. The first kappa shape index (κ1) is 19.3. The van der Waals surface area contributed by atoms with E-state index < -0.39 is 29.7 Å². The van der Waals surface area contributed by atoms with E-state index in [-0.39, 0.29) is 11.8 Å². The summed E-state index contributed by atoms with van der Waals surface area (Å²) in [7, 11) is 1.54. The maximum Gasteiger partial charge on any atom is 0.410 e. The fraction of sp³-hybridized carbons (Fsp3) is 0.812. The van der Waals surface area contributed by atoms with Gasteiger partial charge in [-0.05, 0) is 33.1 Å². The molecule has 0 aromatic carbocycles. The van der Waals surface area contributed by atoms with Crippen LogP contribution >= 0.6 is 0 Å². The van der Waals surface area contributed by atoms with Crippen LogP contribution in [0.5, 0.6) is 0 Å². The van der Waals surface area contributed by atoms with Crippen LogP contribution < -0.4 is 5.32 Å². The molecule has 0 aromatic heterocycles. The molecule has 1 aliphatic heterocycles. The highest BCUT2D eigenvalue weighted by molar-refractivity contribution is 5.90. The van der Waals surface area contributed by atoms with Crippen LogP contribution in [0.15, 0.2) is 0 Å². The summed E-state index contributed by atoms with van der Waals surface area (Å²) in [6.45, 7) is 9.54. The summed E-state index contributed by atoms with van der Waals surface area (Å²) in [6.07, 6.45) is 0.366. The first-order valence-electron chi connectivity index (χ1n) is 7.94. The average molecular weight is 328 g/mol. The first-order valence-corrected chi connectivity index (χ1v) is 7.94. The van der Waals surface area contributed by atoms with Crippen LogP contribution in [0.4, 0.5) is 4.79 Å². The molecule has 0 unspecified atom stereocenters. The van der Waals surface area contributed by atoms with E-state index in [2.05, 4.69) is 5.32 Å². The molecule has 0 radical (unpaired) electrons. The number of hydrogen-bond donors (Lipinski definition) is 1. The number of carbonyl (C=O) groups is 3. The molecule has 0 spiro atoms. The molecule has 23 heavy (non-hydrogen) atoms. The summed E-state index contributed by atoms with van der Waals surface area (Å²) in [6, 6.07) is -1.33. The van der Waals surface area contributed by atoms with Crippen molar-refractivity contribution in [3.05, 3.63) is 0 Å². The third-order valence-electron chi connectivity index (χ3n) is 3.40. The number of carbonyl (C=O) groups excluding carboxylic acids is 3. The van der Waals surface area contributed by atoms with Crippen LogP contribution in [0, 0.1) is 5.92 Å². The second-order valence-corrected chi connectivity index (χ2v) is 7.25. The lowest BCUT2D eigenvalue weighted by Crippen LogP contribution is -2.52. The van der Waals surface area contributed by atoms with Crippen molar-refractivity contribution in [3.63, 3.8) is 0 Å². The molecule has 0 saturated carbocycles. The SMILES string of the molecule is CC(C)C[C@@H](C(=O)N[C@@H]1CCOC1=O)N(C)C(=O)OC(C)(C)C. The molecule has 1 rings (SSSR count). The molecular formula is C16H28N2O5. The van der Waals surface area contributed by atoms with Crippen molar-refractivity contribution in [2.75, 3.05) is 13.7 Å². The minimum Gasteiger partial charge on any atom is -0.464 e. The predicted molar refractivity (Wildman–Crippen MR) is 84.7 cm³/mol. The van der Waals surface area contributed by atoms with Gasteiger partial charge in [0.2, 0.25) is 5.91 Å². The molecule has 0 aliphatic carbocycles. The summed E-state index contributed by atoms with van der Waals surface area (Å²) in [5.74, 6) is -0.594. The highest BCUT2D eigenvalue weighted by Crippen LogP contribution is 2.16. The minimum absolute atomic E-state index is 0.200. The highest BCUT2D eigenvalue weighted by atomic mass is 16.6. The van der Waals surface area contributed by atoms with Gasteiger partial charge in [-0.25, -0.2) is 9.59 Å². The van der Waals surface area contributed by atoms with Crippen molar-refractivity contribution in [2.24, 2.45) is 5.92 Å². The molecule has 1 heterocycles. The second kappa shape index (κ2) is 7.66. The van der Waals surface area contributed by atoms with E-state index in [4.69, 9.17) is 9.47 Å². The van der Waals surface area contributed by atoms with Gasteiger partial charge in [-0.3, -0.25) is 9.69 Å². The van der Waals surface area contributed by atoms with Gasteiger partial charge in [0.1, 0.15) is 17.7 Å². The van der Waals surface area contributed by atoms with Gasteiger partial charge in [0, 0.05) is 13.5 Å². The van der Waals surface area contributed by atoms with E-state index in [1.807, 2.05) is 13.8 Å². The number of nitrogens with zero attached hydrogens (tertiary/aromatic N) is 1. The lowest BCUT2D eigenvalue weighted by Gasteiger charge is -2.31. The van der Waals surface area contributed by atoms with Crippen molar-refractivity contribution in [1.82, 2.24) is 10.2 Å². The van der Waals surface area contributed by atoms with E-state index in [1.54, 1.807) is 20.8 Å². The summed E-state index contributed by atoms with van der Waals surface area (Å²) >= 11 is 0. The molecule has 7 heteroatoms. The molecule has 2 amide bonds. The Morgan fingerprint density at radius 1 is 1.39 bits per heavy atom. The molecule has 7 nitrogen and oxygen atoms in total. The van der Waals surface area contributed by atoms with Crippen LogP contribution in [0.25, 0.3) is 0 Å². The van der Waals surface area contributed by atoms with Gasteiger partial charge >= 0.3 is 12.1 Å². The number of nitrogens with one attached hydrogen (secondary N) is 1. The zero-order valence-corrected chi connectivity index (χ0v) is 14.8. The zero-order chi connectivity index (χ0) is 17.8. The standard InChI is InChI=1S/C16H28N2O5/c1-10(2)9-12(18(6)15(21)23-16(3,4)5)13(19)17-11-7-8-22-14(11)20/h10-12H,7-9H2,1-6H3,(H,17,19)/t11-,12+/m1/s1. The third-order valence-corrected chi connectivity index (χ3v) is 3.40. The number of cyclic esters (lactones) is 1. The summed E-state index contributed by atoms with van der Waals surface area (Å²) in [5, 5.41) is 2.67. The molecule has 0 bridgehead atoms. The van der Waals surface area contributed by atoms with Crippen molar-refractivity contribution < 1.29 is 23.9 Å². The average Bonchev–Trinajstić information content (AvgIpc) is 2.78. The lowest BCUT2D eigenvalue weighted by molar-refractivity contribution is -0.142. The Balaban J connectivity index is 2.79. The van der Waals surface area contributed by atoms with Crippen LogP contribution in [0.3, 0.4) is 0 Å². The molecular weight excluding hydrogens is 300 g/mol. The molecule has 1 N–H and O–H groups in total. The van der Waals surface area contributed by atoms with E-state index >= 15 is 0 Å². The number of rotatable bonds is 5. The lowest BCUT2D eigenvalue weighted by atomic mass is 10.0. The third kappa shape index (κ3) is 6.08. The Kier molecular flexibility index (Phi) is 6.41. The number of esters is 1. The molecule has 1 aliphatic rings. The molecule has 2 atom stereocenters. The largest absolute Gasteiger partial charge is 0.464 e. The Labute approximate surface area is 137 Å². The first-order chi connectivity index (χ1) is 10.5. The van der Waals surface area contributed by atoms with Crippen LogP contribution in [-0.4, -0.2) is 54.2 Å². The fourth-order valence-electron chi connectivity index (χ4n) is 2.24. The van der Waals surface area contributed by atoms with E-state index in [9.17, 15) is 14.4 Å². The Morgan fingerprint density at radius 3 is 2.43 bits per heavy atom. The summed E-state index contributed by atoms with van der Waals surface area (Å²) in [5.41, 5.74) is -0.639. The highest BCUT2D eigenvalue weighted by Gasteiger charge is 2.35. The maximum atomic E-state index is 12.5. The van der Waals surface area contributed by atoms with Crippen molar-refractivity contribution in [2.45, 2.75) is 65.1 Å². The minimum atomic E-state index is -0.696. The topological polar surface area (TPSA) is 84.9 Å². The quantitative estimate of drug-likeness (QED) is 0.777. The van der Waals surface area contributed by atoms with Gasteiger partial charge in [0.05, 0.1) is 6.61 Å². The Bertz CT molecular complexity index is 456. The second-order valence-electron chi connectivity index (χ2n) is 7.25. The number of likely N-dealkylation sites (N-methyl/N-ethyl adjacent to an activating group) is 1. The van der Waals surface area contributed by atoms with E-state index in [0.717, 1.165) is 0 Å². The predicted octanol–water partition coefficient (Wildman–Crippen LogP) is 1.70. The molecule has 1 saturated heterocycles. The number of ether oxygens (including phenoxy) is 2. The van der Waals surface area contributed by atoms with Crippen LogP contribution in [-0.2, 0) is 19.1 Å². The fourth-order valence-corrected chi connectivity index (χ4v) is 2.24. The van der Waals surface area contributed by atoms with Gasteiger partial charge in [-0.2, -0.15) is 0 Å². The molecule has 0 aromatic rings. The monoisotopic (exact) mass is 328 g/mol. The van der Waals surface area contributed by atoms with Crippen molar-refractivity contribution in [3.8, 4) is 0 Å². The van der Waals surface area contributed by atoms with Gasteiger partial charge in [-0.1, -0.05) is 13.8 Å². The maximum absolute atomic E-state index is 12.5. The Hall–Kier alpha value is -1.79. The summed E-state index contributed by atoms with van der Waals surface area (Å²) in [4.78, 5) is 37.5. The smallest absolute Gasteiger partial charge is 0.410 e. The normalized spacial score (nSPS) is 19.3. The molecule has 132 valence electrons. The van der Waals surface area contributed by atoms with Crippen molar-refractivity contribution >= 4 is 18.0 Å². The zero-order valence-electron chi connectivity index (χ0n) is 14.8.